The van der Waals surface area contributed by atoms with Crippen LogP contribution >= 0.6 is 11.6 Å². The van der Waals surface area contributed by atoms with E-state index in [2.05, 4.69) is 16.7 Å². The minimum absolute atomic E-state index is 0.199. The Morgan fingerprint density at radius 2 is 2.26 bits per heavy atom. The molecule has 0 unspecified atom stereocenters. The van der Waals surface area contributed by atoms with E-state index in [-0.39, 0.29) is 10.7 Å². The fourth-order valence-electron chi connectivity index (χ4n) is 1.55. The summed E-state index contributed by atoms with van der Waals surface area (Å²) in [6.45, 7) is 11.9. The second-order valence-electron chi connectivity index (χ2n) is 3.88. The average molecular weight is 281 g/mol. The van der Waals surface area contributed by atoms with Crippen LogP contribution in [0.1, 0.15) is 12.5 Å². The third-order valence-electron chi connectivity index (χ3n) is 2.54. The quantitative estimate of drug-likeness (QED) is 0.725. The summed E-state index contributed by atoms with van der Waals surface area (Å²) < 4.78 is 0. The molecule has 0 aromatic heterocycles. The molecule has 0 amide bonds. The molecular formula is C13H13ClN2O3. The van der Waals surface area contributed by atoms with Gasteiger partial charge in [-0.3, -0.25) is 0 Å². The number of halogens is 1. The molecule has 3 N–H and O–H groups in total. The maximum atomic E-state index is 11.0. The van der Waals surface area contributed by atoms with E-state index in [9.17, 15) is 9.90 Å². The van der Waals surface area contributed by atoms with Crippen LogP contribution in [0.5, 0.6) is 0 Å². The van der Waals surface area contributed by atoms with Gasteiger partial charge in [-0.25, -0.2) is 9.64 Å². The Morgan fingerprint density at radius 1 is 1.63 bits per heavy atom. The van der Waals surface area contributed by atoms with Gasteiger partial charge in [0.25, 0.3) is 0 Å². The highest BCUT2D eigenvalue weighted by Gasteiger charge is 2.24. The predicted octanol–water partition coefficient (Wildman–Crippen LogP) is 2.78. The third kappa shape index (κ3) is 3.25. The van der Waals surface area contributed by atoms with Crippen molar-refractivity contribution in [3.63, 3.8) is 0 Å². The first-order valence-corrected chi connectivity index (χ1v) is 5.80. The highest BCUT2D eigenvalue weighted by molar-refractivity contribution is 6.35. The van der Waals surface area contributed by atoms with Crippen molar-refractivity contribution in [2.75, 3.05) is 5.32 Å². The Labute approximate surface area is 116 Å². The Hall–Kier alpha value is -2.03. The minimum Gasteiger partial charge on any atom is -0.480 e. The molecule has 0 aliphatic rings. The van der Waals surface area contributed by atoms with E-state index in [1.54, 1.807) is 0 Å². The lowest BCUT2D eigenvalue weighted by molar-refractivity contribution is -0.140. The first kappa shape index (κ1) is 15.0. The summed E-state index contributed by atoms with van der Waals surface area (Å²) in [7, 11) is 0. The maximum Gasteiger partial charge on any atom is 0.328 e. The Kier molecular flexibility index (Phi) is 4.93. The zero-order valence-corrected chi connectivity index (χ0v) is 11.0. The van der Waals surface area contributed by atoms with Gasteiger partial charge in [0.15, 0.2) is 6.04 Å². The molecule has 0 saturated heterocycles. The van der Waals surface area contributed by atoms with E-state index in [1.807, 2.05) is 0 Å². The molecule has 1 aromatic carbocycles. The fraction of sp³-hybridized carbons (Fsp3) is 0.231. The zero-order valence-electron chi connectivity index (χ0n) is 10.2. The lowest BCUT2D eigenvalue weighted by Crippen LogP contribution is -2.39. The summed E-state index contributed by atoms with van der Waals surface area (Å²) in [5, 5.41) is 21.3. The number of aliphatic hydroxyl groups is 1. The number of rotatable bonds is 5. The molecule has 0 aliphatic carbocycles. The van der Waals surface area contributed by atoms with Gasteiger partial charge < -0.3 is 15.5 Å². The number of aliphatic carboxylic acids is 1. The van der Waals surface area contributed by atoms with Crippen LogP contribution in [0.15, 0.2) is 18.7 Å². The number of carboxylic acids is 1. The SMILES string of the molecule is [C-]#[N+]c1ccc(N[C@@H](C(=O)O)[C@H](C)O)c(C=C)c1Cl. The standard InChI is InChI=1S/C13H13ClN2O3/c1-4-8-9(5-6-10(15-3)11(8)14)16-12(7(2)17)13(18)19/h4-7,12,16-17H,1H2,2H3,(H,18,19)/t7-,12+/m0/s1. The molecular weight excluding hydrogens is 268 g/mol. The first-order chi connectivity index (χ1) is 8.92. The van der Waals surface area contributed by atoms with Gasteiger partial charge in [0.1, 0.15) is 0 Å². The van der Waals surface area contributed by atoms with E-state index in [4.69, 9.17) is 23.3 Å². The smallest absolute Gasteiger partial charge is 0.328 e. The summed E-state index contributed by atoms with van der Waals surface area (Å²) >= 11 is 6.02. The lowest BCUT2D eigenvalue weighted by Gasteiger charge is -2.20. The van der Waals surface area contributed by atoms with Gasteiger partial charge in [-0.15, -0.1) is 0 Å². The van der Waals surface area contributed by atoms with Gasteiger partial charge in [0.05, 0.1) is 17.7 Å². The van der Waals surface area contributed by atoms with Crippen molar-refractivity contribution < 1.29 is 15.0 Å². The van der Waals surface area contributed by atoms with Crippen LogP contribution in [-0.2, 0) is 4.79 Å². The highest BCUT2D eigenvalue weighted by atomic mass is 35.5. The van der Waals surface area contributed by atoms with Crippen molar-refractivity contribution in [2.45, 2.75) is 19.1 Å². The van der Waals surface area contributed by atoms with Gasteiger partial charge in [-0.1, -0.05) is 30.3 Å². The number of anilines is 1. The number of carbonyl (C=O) groups is 1. The van der Waals surface area contributed by atoms with E-state index in [0.717, 1.165) is 0 Å². The monoisotopic (exact) mass is 280 g/mol. The molecule has 0 fully saturated rings. The fourth-order valence-corrected chi connectivity index (χ4v) is 1.83. The normalized spacial score (nSPS) is 13.2. The molecule has 0 spiro atoms. The van der Waals surface area contributed by atoms with E-state index in [0.29, 0.717) is 11.3 Å². The molecule has 19 heavy (non-hydrogen) atoms. The molecule has 1 aromatic rings. The van der Waals surface area contributed by atoms with Crippen molar-refractivity contribution in [1.29, 1.82) is 0 Å². The summed E-state index contributed by atoms with van der Waals surface area (Å²) in [4.78, 5) is 14.3. The molecule has 2 atom stereocenters. The molecule has 100 valence electrons. The second kappa shape index (κ2) is 6.23. The molecule has 0 heterocycles. The van der Waals surface area contributed by atoms with Crippen LogP contribution in [0, 0.1) is 6.57 Å². The topological polar surface area (TPSA) is 73.9 Å². The first-order valence-electron chi connectivity index (χ1n) is 5.42. The number of nitrogens with one attached hydrogen (secondary N) is 1. The largest absolute Gasteiger partial charge is 0.480 e. The van der Waals surface area contributed by atoms with E-state index in [1.165, 1.54) is 25.1 Å². The number of nitrogens with zero attached hydrogens (tertiary/aromatic N) is 1. The summed E-state index contributed by atoms with van der Waals surface area (Å²) in [6, 6.07) is 1.84. The number of benzene rings is 1. The number of carboxylic acid groups (broad SMARTS) is 1. The average Bonchev–Trinajstić information content (AvgIpc) is 2.35. The maximum absolute atomic E-state index is 11.0. The van der Waals surface area contributed by atoms with Crippen molar-refractivity contribution >= 4 is 35.0 Å². The van der Waals surface area contributed by atoms with Gasteiger partial charge >= 0.3 is 5.97 Å². The predicted molar refractivity (Wildman–Crippen MR) is 74.5 cm³/mol. The van der Waals surface area contributed by atoms with Crippen LogP contribution in [-0.4, -0.2) is 28.3 Å². The number of aliphatic hydroxyl groups excluding tert-OH is 1. The van der Waals surface area contributed by atoms with E-state index < -0.39 is 18.1 Å². The summed E-state index contributed by atoms with van der Waals surface area (Å²) in [6.07, 6.45) is 0.342. The van der Waals surface area contributed by atoms with Crippen molar-refractivity contribution in [1.82, 2.24) is 0 Å². The molecule has 1 rings (SSSR count). The van der Waals surface area contributed by atoms with Crippen LogP contribution < -0.4 is 5.32 Å². The molecule has 0 saturated carbocycles. The second-order valence-corrected chi connectivity index (χ2v) is 4.25. The summed E-state index contributed by atoms with van der Waals surface area (Å²) in [5.74, 6) is -1.18. The van der Waals surface area contributed by atoms with Crippen LogP contribution in [0.25, 0.3) is 10.9 Å². The highest BCUT2D eigenvalue weighted by Crippen LogP contribution is 2.35. The van der Waals surface area contributed by atoms with Crippen molar-refractivity contribution in [3.05, 3.63) is 40.7 Å². The van der Waals surface area contributed by atoms with Gasteiger partial charge in [0, 0.05) is 11.3 Å². The van der Waals surface area contributed by atoms with Crippen LogP contribution in [0.4, 0.5) is 11.4 Å². The zero-order chi connectivity index (χ0) is 14.6. The van der Waals surface area contributed by atoms with Crippen molar-refractivity contribution in [3.8, 4) is 0 Å². The molecule has 0 bridgehead atoms. The number of hydrogen-bond acceptors (Lipinski definition) is 3. The number of hydrogen-bond donors (Lipinski definition) is 3. The molecule has 6 heteroatoms. The Balaban J connectivity index is 3.22. The summed E-state index contributed by atoms with van der Waals surface area (Å²) in [5.41, 5.74) is 1.09. The van der Waals surface area contributed by atoms with Crippen LogP contribution in [0.2, 0.25) is 5.02 Å². The molecule has 0 radical (unpaired) electrons. The third-order valence-corrected chi connectivity index (χ3v) is 2.94. The van der Waals surface area contributed by atoms with Gasteiger partial charge in [-0.05, 0) is 13.0 Å². The van der Waals surface area contributed by atoms with Gasteiger partial charge in [-0.2, -0.15) is 0 Å². The lowest BCUT2D eigenvalue weighted by atomic mass is 10.1. The molecule has 5 nitrogen and oxygen atoms in total. The van der Waals surface area contributed by atoms with Crippen LogP contribution in [0.3, 0.4) is 0 Å². The molecule has 0 aliphatic heterocycles. The van der Waals surface area contributed by atoms with Gasteiger partial charge in [0.2, 0.25) is 5.69 Å². The van der Waals surface area contributed by atoms with Crippen molar-refractivity contribution in [2.24, 2.45) is 0 Å². The Morgan fingerprint density at radius 3 is 2.68 bits per heavy atom. The Bertz CT molecular complexity index is 550. The minimum atomic E-state index is -1.18. The van der Waals surface area contributed by atoms with E-state index >= 15 is 0 Å².